The number of aromatic hydroxyl groups is 1. The number of hydroxylamine groups is 2. The third-order valence-corrected chi connectivity index (χ3v) is 9.60. The number of carbonyl (C=O) groups excluding carboxylic acids is 4. The van der Waals surface area contributed by atoms with Crippen molar-refractivity contribution in [1.29, 1.82) is 0 Å². The summed E-state index contributed by atoms with van der Waals surface area (Å²) in [5, 5.41) is 21.7. The van der Waals surface area contributed by atoms with Crippen LogP contribution in [0.4, 0.5) is 5.69 Å². The maximum Gasteiger partial charge on any atom is 0.260 e. The third-order valence-electron chi connectivity index (χ3n) is 9.60. The molecule has 0 bridgehead atoms. The number of rotatable bonds is 4. The van der Waals surface area contributed by atoms with E-state index in [4.69, 9.17) is 0 Å². The van der Waals surface area contributed by atoms with E-state index >= 15 is 0 Å². The largest absolute Gasteiger partial charge is 0.508 e. The number of hydrazine groups is 1. The van der Waals surface area contributed by atoms with Crippen LogP contribution < -0.4 is 5.43 Å². The van der Waals surface area contributed by atoms with Gasteiger partial charge in [-0.2, -0.15) is 10.1 Å². The van der Waals surface area contributed by atoms with Crippen LogP contribution in [0.1, 0.15) is 35.4 Å². The summed E-state index contributed by atoms with van der Waals surface area (Å²) in [7, 11) is 0. The van der Waals surface area contributed by atoms with Crippen molar-refractivity contribution in [3.05, 3.63) is 107 Å². The lowest BCUT2D eigenvalue weighted by molar-refractivity contribution is -0.173. The highest BCUT2D eigenvalue weighted by molar-refractivity contribution is 6.13. The molecule has 4 aliphatic rings. The molecule has 7 rings (SSSR count). The van der Waals surface area contributed by atoms with Crippen LogP contribution in [0.3, 0.4) is 0 Å². The van der Waals surface area contributed by atoms with Crippen LogP contribution in [-0.4, -0.2) is 44.0 Å². The number of amides is 4. The fourth-order valence-corrected chi connectivity index (χ4v) is 7.77. The Kier molecular flexibility index (Phi) is 5.85. The maximum atomic E-state index is 14.9. The molecule has 0 spiro atoms. The summed E-state index contributed by atoms with van der Waals surface area (Å²) in [5.41, 5.74) is 5.45. The van der Waals surface area contributed by atoms with Crippen molar-refractivity contribution in [3.63, 3.8) is 0 Å². The zero-order valence-electron chi connectivity index (χ0n) is 22.8. The van der Waals surface area contributed by atoms with Crippen molar-refractivity contribution in [2.45, 2.75) is 31.1 Å². The van der Waals surface area contributed by atoms with Crippen LogP contribution in [0.5, 0.6) is 5.75 Å². The molecule has 6 atom stereocenters. The van der Waals surface area contributed by atoms with Crippen LogP contribution in [0.25, 0.3) is 0 Å². The lowest BCUT2D eigenvalue weighted by atomic mass is 9.49. The summed E-state index contributed by atoms with van der Waals surface area (Å²) in [6.07, 6.45) is 2.30. The Labute approximate surface area is 242 Å². The Hall–Kier alpha value is -4.76. The molecule has 3 N–H and O–H groups in total. The zero-order valence-corrected chi connectivity index (χ0v) is 22.8. The number of hydrogen-bond acceptors (Lipinski definition) is 7. The van der Waals surface area contributed by atoms with E-state index in [2.05, 4.69) is 5.43 Å². The van der Waals surface area contributed by atoms with Crippen molar-refractivity contribution in [1.82, 2.24) is 10.1 Å². The molecule has 2 heterocycles. The number of phenols is 1. The lowest BCUT2D eigenvalue weighted by Crippen LogP contribution is -2.53. The number of benzene rings is 3. The van der Waals surface area contributed by atoms with E-state index in [-0.39, 0.29) is 23.7 Å². The van der Waals surface area contributed by atoms with Gasteiger partial charge in [-0.25, -0.2) is 0 Å². The van der Waals surface area contributed by atoms with Gasteiger partial charge in [-0.3, -0.25) is 29.8 Å². The first-order valence-electron chi connectivity index (χ1n) is 14.1. The minimum Gasteiger partial charge on any atom is -0.508 e. The molecule has 2 aliphatic heterocycles. The van der Waals surface area contributed by atoms with Gasteiger partial charge >= 0.3 is 0 Å². The molecule has 3 aromatic carbocycles. The highest BCUT2D eigenvalue weighted by atomic mass is 16.5. The number of allylic oxidation sites excluding steroid dienone is 2. The van der Waals surface area contributed by atoms with E-state index in [1.165, 1.54) is 0 Å². The Morgan fingerprint density at radius 1 is 0.833 bits per heavy atom. The van der Waals surface area contributed by atoms with Crippen molar-refractivity contribution in [2.24, 2.45) is 23.7 Å². The Morgan fingerprint density at radius 3 is 2.21 bits per heavy atom. The topological polar surface area (TPSA) is 127 Å². The highest BCUT2D eigenvalue weighted by Gasteiger charge is 2.70. The van der Waals surface area contributed by atoms with Gasteiger partial charge in [0.05, 0.1) is 28.9 Å². The second-order valence-corrected chi connectivity index (χ2v) is 11.7. The van der Waals surface area contributed by atoms with Crippen LogP contribution in [0.15, 0.2) is 90.5 Å². The molecule has 0 radical (unpaired) electrons. The first-order valence-corrected chi connectivity index (χ1v) is 14.1. The number of nitrogens with one attached hydrogen (secondary N) is 1. The van der Waals surface area contributed by atoms with Gasteiger partial charge in [-0.05, 0) is 61.1 Å². The zero-order chi connectivity index (χ0) is 29.3. The average molecular weight is 564 g/mol. The van der Waals surface area contributed by atoms with Crippen LogP contribution >= 0.6 is 0 Å². The fraction of sp³-hybridized carbons (Fsp3) is 0.273. The maximum absolute atomic E-state index is 14.9. The molecule has 2 saturated heterocycles. The van der Waals surface area contributed by atoms with Crippen molar-refractivity contribution >= 4 is 29.3 Å². The highest BCUT2D eigenvalue weighted by Crippen LogP contribution is 2.64. The van der Waals surface area contributed by atoms with Crippen LogP contribution in [0.2, 0.25) is 0 Å². The minimum absolute atomic E-state index is 0.0538. The number of phenolic OH excluding ortho intramolecular Hbond substituents is 1. The number of hydrogen-bond donors (Lipinski definition) is 3. The average Bonchev–Trinajstić information content (AvgIpc) is 3.36. The second-order valence-electron chi connectivity index (χ2n) is 11.7. The van der Waals surface area contributed by atoms with Gasteiger partial charge in [0.25, 0.3) is 23.6 Å². The molecule has 0 aromatic heterocycles. The van der Waals surface area contributed by atoms with Gasteiger partial charge in [0.1, 0.15) is 5.75 Å². The summed E-state index contributed by atoms with van der Waals surface area (Å²) < 4.78 is 0. The molecule has 3 fully saturated rings. The summed E-state index contributed by atoms with van der Waals surface area (Å²) in [4.78, 5) is 55.3. The number of carbonyl (C=O) groups is 4. The molecule has 9 nitrogen and oxygen atoms in total. The Morgan fingerprint density at radius 2 is 1.52 bits per heavy atom. The van der Waals surface area contributed by atoms with Crippen LogP contribution in [0, 0.1) is 30.6 Å². The predicted octanol–water partition coefficient (Wildman–Crippen LogP) is 4.07. The molecular formula is C33H29N3O6. The summed E-state index contributed by atoms with van der Waals surface area (Å²) in [6, 6.07) is 23.2. The van der Waals surface area contributed by atoms with Gasteiger partial charge in [0, 0.05) is 5.92 Å². The van der Waals surface area contributed by atoms with E-state index in [1.807, 2.05) is 55.5 Å². The van der Waals surface area contributed by atoms with E-state index < -0.39 is 58.6 Å². The molecule has 1 saturated carbocycles. The van der Waals surface area contributed by atoms with Gasteiger partial charge in [0.2, 0.25) is 0 Å². The quantitative estimate of drug-likeness (QED) is 0.248. The van der Waals surface area contributed by atoms with Crippen molar-refractivity contribution in [3.8, 4) is 5.75 Å². The van der Waals surface area contributed by atoms with Gasteiger partial charge in [0.15, 0.2) is 0 Å². The number of anilines is 1. The molecule has 4 amide bonds. The molecule has 42 heavy (non-hydrogen) atoms. The molecule has 3 aromatic rings. The number of imide groups is 2. The van der Waals surface area contributed by atoms with E-state index in [0.29, 0.717) is 16.8 Å². The van der Waals surface area contributed by atoms with E-state index in [1.54, 1.807) is 36.4 Å². The standard InChI is InChI=1S/C33H29N3O6/c1-18-7-11-21(12-8-18)34-35-30(39)26-17-25-23(15-16-24-27(25)31(40)36(42)29(24)38)28(19-9-13-22(37)14-10-19)33(26,32(35)41)20-5-3-2-4-6-20/h2-15,24-28,34,37,42H,16-17H2,1H3. The Balaban J connectivity index is 1.45. The molecule has 6 unspecified atom stereocenters. The van der Waals surface area contributed by atoms with Gasteiger partial charge < -0.3 is 5.11 Å². The van der Waals surface area contributed by atoms with Crippen molar-refractivity contribution < 1.29 is 29.5 Å². The predicted molar refractivity (Wildman–Crippen MR) is 151 cm³/mol. The first-order chi connectivity index (χ1) is 20.2. The molecule has 2 aliphatic carbocycles. The second kappa shape index (κ2) is 9.39. The van der Waals surface area contributed by atoms with Crippen LogP contribution in [-0.2, 0) is 24.6 Å². The summed E-state index contributed by atoms with van der Waals surface area (Å²) in [6.45, 7) is 1.95. The van der Waals surface area contributed by atoms with Gasteiger partial charge in [-0.1, -0.05) is 71.8 Å². The van der Waals surface area contributed by atoms with E-state index in [9.17, 15) is 29.5 Å². The molecule has 9 heteroatoms. The third kappa shape index (κ3) is 3.53. The minimum atomic E-state index is -1.37. The lowest BCUT2D eigenvalue weighted by Gasteiger charge is -2.50. The fourth-order valence-electron chi connectivity index (χ4n) is 7.77. The monoisotopic (exact) mass is 563 g/mol. The summed E-state index contributed by atoms with van der Waals surface area (Å²) >= 11 is 0. The summed E-state index contributed by atoms with van der Waals surface area (Å²) in [5.74, 6) is -5.77. The van der Waals surface area contributed by atoms with Crippen molar-refractivity contribution in [2.75, 3.05) is 5.43 Å². The van der Waals surface area contributed by atoms with E-state index in [0.717, 1.165) is 16.1 Å². The Bertz CT molecular complexity index is 1650. The smallest absolute Gasteiger partial charge is 0.260 e. The SMILES string of the molecule is Cc1ccc(NN2C(=O)C3CC4C(=CCC5C(=O)N(O)C(=O)C54)C(c4ccc(O)cc4)C3(c3ccccc3)C2=O)cc1. The van der Waals surface area contributed by atoms with Gasteiger partial charge in [-0.15, -0.1) is 0 Å². The number of fused-ring (bicyclic) bond motifs is 4. The number of aryl methyl sites for hydroxylation is 1. The first kappa shape index (κ1) is 26.2. The molecule has 212 valence electrons. The molecular weight excluding hydrogens is 534 g/mol. The normalized spacial score (nSPS) is 30.1. The number of nitrogens with zero attached hydrogens (tertiary/aromatic N) is 2.